The lowest BCUT2D eigenvalue weighted by Gasteiger charge is -2.33. The second-order valence-electron chi connectivity index (χ2n) is 6.83. The molecule has 3 rings (SSSR count). The molecule has 0 radical (unpaired) electrons. The van der Waals surface area contributed by atoms with Crippen LogP contribution in [0.25, 0.3) is 11.0 Å². The lowest BCUT2D eigenvalue weighted by molar-refractivity contribution is 0.0917. The topological polar surface area (TPSA) is 54.7 Å². The van der Waals surface area contributed by atoms with Crippen LogP contribution in [0.5, 0.6) is 0 Å². The van der Waals surface area contributed by atoms with Gasteiger partial charge in [0, 0.05) is 37.2 Å². The van der Waals surface area contributed by atoms with E-state index in [1.54, 1.807) is 7.11 Å². The Balaban J connectivity index is 1.57. The summed E-state index contributed by atoms with van der Waals surface area (Å²) in [5, 5.41) is 3.94. The van der Waals surface area contributed by atoms with Crippen molar-refractivity contribution in [3.05, 3.63) is 35.6 Å². The van der Waals surface area contributed by atoms with Crippen molar-refractivity contribution < 1.29 is 13.9 Å². The molecule has 5 heteroatoms. The number of carbonyl (C=O) groups is 1. The predicted octanol–water partition coefficient (Wildman–Crippen LogP) is 3.57. The quantitative estimate of drug-likeness (QED) is 0.780. The molecule has 0 saturated carbocycles. The average molecular weight is 344 g/mol. The van der Waals surface area contributed by atoms with E-state index in [4.69, 9.17) is 9.15 Å². The van der Waals surface area contributed by atoms with Crippen LogP contribution in [0.1, 0.15) is 48.7 Å². The first-order valence-corrected chi connectivity index (χ1v) is 9.22. The summed E-state index contributed by atoms with van der Waals surface area (Å²) >= 11 is 0. The molecular formula is C20H28N2O3. The van der Waals surface area contributed by atoms with Gasteiger partial charge < -0.3 is 19.4 Å². The van der Waals surface area contributed by atoms with Crippen molar-refractivity contribution in [3.8, 4) is 0 Å². The molecular weight excluding hydrogens is 316 g/mol. The van der Waals surface area contributed by atoms with Crippen LogP contribution < -0.4 is 5.32 Å². The second kappa shape index (κ2) is 8.50. The van der Waals surface area contributed by atoms with E-state index in [1.165, 1.54) is 25.8 Å². The van der Waals surface area contributed by atoms with Crippen molar-refractivity contribution in [1.82, 2.24) is 10.2 Å². The van der Waals surface area contributed by atoms with Crippen LogP contribution in [0.2, 0.25) is 0 Å². The number of benzene rings is 1. The SMILES string of the molecule is COCc1c(C(=O)NCCCN2CCCC[C@@H]2C)oc2ccccc12. The fraction of sp³-hybridized carbons (Fsp3) is 0.550. The van der Waals surface area contributed by atoms with Gasteiger partial charge in [0.25, 0.3) is 5.91 Å². The molecule has 1 aromatic heterocycles. The second-order valence-corrected chi connectivity index (χ2v) is 6.83. The van der Waals surface area contributed by atoms with Crippen molar-refractivity contribution in [1.29, 1.82) is 0 Å². The Morgan fingerprint density at radius 2 is 2.20 bits per heavy atom. The van der Waals surface area contributed by atoms with Crippen LogP contribution in [0.4, 0.5) is 0 Å². The fourth-order valence-electron chi connectivity index (χ4n) is 3.62. The van der Waals surface area contributed by atoms with Crippen molar-refractivity contribution in [2.75, 3.05) is 26.7 Å². The molecule has 2 aromatic rings. The van der Waals surface area contributed by atoms with E-state index in [2.05, 4.69) is 17.1 Å². The number of carbonyl (C=O) groups excluding carboxylic acids is 1. The summed E-state index contributed by atoms with van der Waals surface area (Å²) in [5.41, 5.74) is 1.54. The standard InChI is InChI=1S/C20H28N2O3/c1-15-8-5-6-12-22(15)13-7-11-21-20(23)19-17(14-24-2)16-9-3-4-10-18(16)25-19/h3-4,9-10,15H,5-8,11-14H2,1-2H3,(H,21,23)/t15-/m0/s1. The molecule has 25 heavy (non-hydrogen) atoms. The first-order chi connectivity index (χ1) is 12.2. The maximum atomic E-state index is 12.6. The molecule has 0 spiro atoms. The summed E-state index contributed by atoms with van der Waals surface area (Å²) in [7, 11) is 1.63. The Morgan fingerprint density at radius 1 is 1.36 bits per heavy atom. The number of likely N-dealkylation sites (tertiary alicyclic amines) is 1. The Bertz CT molecular complexity index is 710. The highest BCUT2D eigenvalue weighted by molar-refractivity contribution is 5.99. The number of nitrogens with zero attached hydrogens (tertiary/aromatic N) is 1. The van der Waals surface area contributed by atoms with Gasteiger partial charge in [0.15, 0.2) is 5.76 Å². The molecule has 1 saturated heterocycles. The maximum absolute atomic E-state index is 12.6. The molecule has 1 amide bonds. The van der Waals surface area contributed by atoms with Gasteiger partial charge >= 0.3 is 0 Å². The number of nitrogens with one attached hydrogen (secondary N) is 1. The zero-order valence-electron chi connectivity index (χ0n) is 15.2. The monoisotopic (exact) mass is 344 g/mol. The molecule has 2 heterocycles. The molecule has 1 fully saturated rings. The van der Waals surface area contributed by atoms with Gasteiger partial charge in [-0.25, -0.2) is 0 Å². The number of ether oxygens (including phenoxy) is 1. The normalized spacial score (nSPS) is 18.6. The number of rotatable bonds is 7. The minimum Gasteiger partial charge on any atom is -0.451 e. The van der Waals surface area contributed by atoms with E-state index in [1.807, 2.05) is 24.3 Å². The average Bonchev–Trinajstić information content (AvgIpc) is 2.99. The van der Waals surface area contributed by atoms with E-state index in [-0.39, 0.29) is 5.91 Å². The molecule has 1 N–H and O–H groups in total. The number of hydrogen-bond donors (Lipinski definition) is 1. The van der Waals surface area contributed by atoms with Gasteiger partial charge in [-0.1, -0.05) is 24.6 Å². The summed E-state index contributed by atoms with van der Waals surface area (Å²) in [5.74, 6) is 0.212. The largest absolute Gasteiger partial charge is 0.451 e. The minimum atomic E-state index is -0.157. The van der Waals surface area contributed by atoms with E-state index >= 15 is 0 Å². The van der Waals surface area contributed by atoms with Gasteiger partial charge in [0.1, 0.15) is 5.58 Å². The first-order valence-electron chi connectivity index (χ1n) is 9.22. The van der Waals surface area contributed by atoms with Crippen LogP contribution in [0.15, 0.2) is 28.7 Å². The summed E-state index contributed by atoms with van der Waals surface area (Å²) < 4.78 is 11.0. The molecule has 1 aliphatic rings. The third-order valence-corrected chi connectivity index (χ3v) is 5.04. The predicted molar refractivity (Wildman–Crippen MR) is 98.8 cm³/mol. The van der Waals surface area contributed by atoms with Crippen LogP contribution >= 0.6 is 0 Å². The number of amides is 1. The van der Waals surface area contributed by atoms with Crippen LogP contribution in [0.3, 0.4) is 0 Å². The maximum Gasteiger partial charge on any atom is 0.287 e. The summed E-state index contributed by atoms with van der Waals surface area (Å²) in [6.45, 7) is 5.53. The Morgan fingerprint density at radius 3 is 3.00 bits per heavy atom. The van der Waals surface area contributed by atoms with E-state index < -0.39 is 0 Å². The third kappa shape index (κ3) is 4.22. The zero-order chi connectivity index (χ0) is 17.6. The zero-order valence-corrected chi connectivity index (χ0v) is 15.2. The van der Waals surface area contributed by atoms with Crippen molar-refractivity contribution in [2.45, 2.75) is 45.3 Å². The summed E-state index contributed by atoms with van der Waals surface area (Å²) in [4.78, 5) is 15.1. The van der Waals surface area contributed by atoms with E-state index in [0.717, 1.165) is 29.5 Å². The van der Waals surface area contributed by atoms with E-state index in [0.29, 0.717) is 25.0 Å². The number of fused-ring (bicyclic) bond motifs is 1. The first kappa shape index (κ1) is 18.0. The molecule has 0 aliphatic carbocycles. The molecule has 0 unspecified atom stereocenters. The van der Waals surface area contributed by atoms with Gasteiger partial charge in [-0.15, -0.1) is 0 Å². The lowest BCUT2D eigenvalue weighted by Crippen LogP contribution is -2.39. The highest BCUT2D eigenvalue weighted by atomic mass is 16.5. The molecule has 1 aromatic carbocycles. The number of hydrogen-bond acceptors (Lipinski definition) is 4. The molecule has 5 nitrogen and oxygen atoms in total. The highest BCUT2D eigenvalue weighted by Crippen LogP contribution is 2.26. The molecule has 1 atom stereocenters. The van der Waals surface area contributed by atoms with Crippen molar-refractivity contribution in [2.24, 2.45) is 0 Å². The molecule has 0 bridgehead atoms. The van der Waals surface area contributed by atoms with Crippen LogP contribution in [-0.2, 0) is 11.3 Å². The third-order valence-electron chi connectivity index (χ3n) is 5.04. The van der Waals surface area contributed by atoms with Gasteiger partial charge in [0.2, 0.25) is 0 Å². The molecule has 1 aliphatic heterocycles. The van der Waals surface area contributed by atoms with Gasteiger partial charge in [-0.2, -0.15) is 0 Å². The number of furan rings is 1. The molecule has 136 valence electrons. The Labute approximate surface area is 149 Å². The number of methoxy groups -OCH3 is 1. The van der Waals surface area contributed by atoms with Crippen molar-refractivity contribution in [3.63, 3.8) is 0 Å². The van der Waals surface area contributed by atoms with Gasteiger partial charge in [-0.3, -0.25) is 4.79 Å². The van der Waals surface area contributed by atoms with Gasteiger partial charge in [0.05, 0.1) is 6.61 Å². The van der Waals surface area contributed by atoms with E-state index in [9.17, 15) is 4.79 Å². The number of piperidine rings is 1. The Kier molecular flexibility index (Phi) is 6.10. The fourth-order valence-corrected chi connectivity index (χ4v) is 3.62. The smallest absolute Gasteiger partial charge is 0.287 e. The summed E-state index contributed by atoms with van der Waals surface area (Å²) in [6, 6.07) is 8.35. The Hall–Kier alpha value is -1.85. The minimum absolute atomic E-state index is 0.157. The number of para-hydroxylation sites is 1. The summed E-state index contributed by atoms with van der Waals surface area (Å²) in [6.07, 6.45) is 4.86. The van der Waals surface area contributed by atoms with Gasteiger partial charge in [-0.05, 0) is 38.8 Å². The van der Waals surface area contributed by atoms with Crippen LogP contribution in [-0.4, -0.2) is 43.6 Å². The van der Waals surface area contributed by atoms with Crippen LogP contribution in [0, 0.1) is 0 Å². The highest BCUT2D eigenvalue weighted by Gasteiger charge is 2.21. The lowest BCUT2D eigenvalue weighted by atomic mass is 10.0. The van der Waals surface area contributed by atoms with Crippen molar-refractivity contribution >= 4 is 16.9 Å².